The zero-order valence-electron chi connectivity index (χ0n) is 19.9. The number of hydrogen-bond donors (Lipinski definition) is 0. The summed E-state index contributed by atoms with van der Waals surface area (Å²) in [6.07, 6.45) is 2.35. The smallest absolute Gasteiger partial charge is 0.0598 e. The van der Waals surface area contributed by atoms with E-state index in [1.165, 1.54) is 41.2 Å². The van der Waals surface area contributed by atoms with E-state index < -0.39 is 0 Å². The second kappa shape index (κ2) is 9.61. The number of morpholine rings is 1. The van der Waals surface area contributed by atoms with Crippen molar-refractivity contribution in [1.29, 1.82) is 0 Å². The summed E-state index contributed by atoms with van der Waals surface area (Å²) < 4.78 is 5.62. The standard InChI is InChI=1S/C26H38NOP/c1-19-16-20(2)24(21(3)17-19)29-23(27-12-14-28-15-13-27)18-22(26(7,8)9)10-11-25(4,5)6/h16-18H,12-15H2,1-9H3/b22-18+. The maximum Gasteiger partial charge on any atom is 0.0598 e. The van der Waals surface area contributed by atoms with Crippen molar-refractivity contribution in [3.63, 3.8) is 0 Å². The van der Waals surface area contributed by atoms with Crippen molar-refractivity contribution in [3.8, 4) is 11.8 Å². The maximum atomic E-state index is 5.62. The van der Waals surface area contributed by atoms with Crippen LogP contribution in [0.15, 0.2) is 23.8 Å². The fourth-order valence-corrected chi connectivity index (χ4v) is 4.52. The number of hydrogen-bond acceptors (Lipinski definition) is 1. The quantitative estimate of drug-likeness (QED) is 0.469. The number of ether oxygens (including phenoxy) is 1. The van der Waals surface area contributed by atoms with Crippen LogP contribution in [0.4, 0.5) is 0 Å². The third kappa shape index (κ3) is 7.42. The molecule has 0 saturated carbocycles. The van der Waals surface area contributed by atoms with Gasteiger partial charge in [-0.3, -0.25) is 4.90 Å². The van der Waals surface area contributed by atoms with Crippen LogP contribution in [0, 0.1) is 43.4 Å². The second-order valence-electron chi connectivity index (χ2n) is 10.1. The highest BCUT2D eigenvalue weighted by Crippen LogP contribution is 2.27. The number of aryl methyl sites for hydroxylation is 3. The van der Waals surface area contributed by atoms with E-state index in [2.05, 4.69) is 97.3 Å². The minimum Gasteiger partial charge on any atom is -0.379 e. The zero-order valence-corrected chi connectivity index (χ0v) is 20.8. The summed E-state index contributed by atoms with van der Waals surface area (Å²) in [7, 11) is 1.25. The first-order valence-electron chi connectivity index (χ1n) is 10.6. The van der Waals surface area contributed by atoms with Crippen molar-refractivity contribution < 1.29 is 4.74 Å². The van der Waals surface area contributed by atoms with Crippen molar-refractivity contribution in [1.82, 2.24) is 4.90 Å². The highest BCUT2D eigenvalue weighted by atomic mass is 31.1. The van der Waals surface area contributed by atoms with Crippen molar-refractivity contribution in [2.75, 3.05) is 26.3 Å². The van der Waals surface area contributed by atoms with E-state index in [-0.39, 0.29) is 10.8 Å². The van der Waals surface area contributed by atoms with E-state index >= 15 is 0 Å². The van der Waals surface area contributed by atoms with Gasteiger partial charge in [0, 0.05) is 34.8 Å². The van der Waals surface area contributed by atoms with Crippen LogP contribution in [0.25, 0.3) is 0 Å². The molecule has 0 spiro atoms. The summed E-state index contributed by atoms with van der Waals surface area (Å²) in [6, 6.07) is 4.58. The van der Waals surface area contributed by atoms with Crippen molar-refractivity contribution >= 4 is 18.9 Å². The Morgan fingerprint density at radius 3 is 2.03 bits per heavy atom. The van der Waals surface area contributed by atoms with Gasteiger partial charge in [0.25, 0.3) is 0 Å². The number of rotatable bonds is 3. The summed E-state index contributed by atoms with van der Waals surface area (Å²) >= 11 is 0. The topological polar surface area (TPSA) is 12.5 Å². The molecule has 2 nitrogen and oxygen atoms in total. The third-order valence-electron chi connectivity index (χ3n) is 4.85. The lowest BCUT2D eigenvalue weighted by Gasteiger charge is -2.29. The average molecular weight is 412 g/mol. The Morgan fingerprint density at radius 2 is 1.55 bits per heavy atom. The van der Waals surface area contributed by atoms with Gasteiger partial charge in [0.15, 0.2) is 0 Å². The number of allylic oxidation sites excluding steroid dienone is 1. The molecule has 29 heavy (non-hydrogen) atoms. The molecule has 1 saturated heterocycles. The SMILES string of the molecule is Cc1cc(C)c(P=C(/C=C(\C#CC(C)(C)C)C(C)(C)C)N2CCOCC2)c(C)c1. The van der Waals surface area contributed by atoms with E-state index in [0.29, 0.717) is 0 Å². The molecule has 1 aromatic rings. The van der Waals surface area contributed by atoms with Gasteiger partial charge in [-0.1, -0.05) is 50.3 Å². The van der Waals surface area contributed by atoms with E-state index in [9.17, 15) is 0 Å². The van der Waals surface area contributed by atoms with Crippen LogP contribution in [-0.4, -0.2) is 36.6 Å². The van der Waals surface area contributed by atoms with Crippen LogP contribution >= 0.6 is 8.20 Å². The average Bonchev–Trinajstić information content (AvgIpc) is 2.58. The van der Waals surface area contributed by atoms with Crippen molar-refractivity contribution in [3.05, 3.63) is 40.5 Å². The van der Waals surface area contributed by atoms with E-state index in [0.717, 1.165) is 26.3 Å². The van der Waals surface area contributed by atoms with Crippen LogP contribution in [0.3, 0.4) is 0 Å². The Hall–Kier alpha value is -1.39. The van der Waals surface area contributed by atoms with Crippen molar-refractivity contribution in [2.45, 2.75) is 62.3 Å². The monoisotopic (exact) mass is 411 g/mol. The maximum absolute atomic E-state index is 5.62. The molecular formula is C26H38NOP. The van der Waals surface area contributed by atoms with Gasteiger partial charge in [0.2, 0.25) is 0 Å². The summed E-state index contributed by atoms with van der Waals surface area (Å²) in [5.41, 5.74) is 6.57. The van der Waals surface area contributed by atoms with Crippen LogP contribution < -0.4 is 5.30 Å². The molecule has 0 radical (unpaired) electrons. The minimum absolute atomic E-state index is 0.00265. The van der Waals surface area contributed by atoms with Gasteiger partial charge >= 0.3 is 0 Å². The van der Waals surface area contributed by atoms with Gasteiger partial charge in [0.05, 0.1) is 13.2 Å². The van der Waals surface area contributed by atoms with E-state index in [4.69, 9.17) is 4.74 Å². The molecule has 1 aromatic carbocycles. The Balaban J connectivity index is 2.63. The van der Waals surface area contributed by atoms with Gasteiger partial charge in [0.1, 0.15) is 0 Å². The third-order valence-corrected chi connectivity index (χ3v) is 6.42. The van der Waals surface area contributed by atoms with Gasteiger partial charge in [-0.25, -0.2) is 0 Å². The Kier molecular flexibility index (Phi) is 7.92. The molecule has 0 aromatic heterocycles. The molecule has 0 bridgehead atoms. The molecular weight excluding hydrogens is 373 g/mol. The summed E-state index contributed by atoms with van der Waals surface area (Å²) in [5.74, 6) is 6.97. The van der Waals surface area contributed by atoms with Crippen molar-refractivity contribution in [2.24, 2.45) is 10.8 Å². The summed E-state index contributed by atoms with van der Waals surface area (Å²) in [4.78, 5) is 2.48. The molecule has 2 rings (SSSR count). The Labute approximate surface area is 180 Å². The first-order valence-corrected chi connectivity index (χ1v) is 11.5. The molecule has 0 atom stereocenters. The van der Waals surface area contributed by atoms with E-state index in [1.54, 1.807) is 0 Å². The Morgan fingerprint density at radius 1 is 1.00 bits per heavy atom. The first kappa shape index (κ1) is 23.9. The number of benzene rings is 1. The number of nitrogens with zero attached hydrogens (tertiary/aromatic N) is 1. The first-order chi connectivity index (χ1) is 13.4. The lowest BCUT2D eigenvalue weighted by atomic mass is 9.85. The molecule has 1 fully saturated rings. The van der Waals surface area contributed by atoms with Gasteiger partial charge in [-0.05, 0) is 72.4 Å². The normalized spacial score (nSPS) is 17.1. The van der Waals surface area contributed by atoms with Crippen LogP contribution in [0.5, 0.6) is 0 Å². The molecule has 1 aliphatic rings. The minimum atomic E-state index is -0.00862. The van der Waals surface area contributed by atoms with Crippen LogP contribution in [0.2, 0.25) is 0 Å². The molecule has 1 aliphatic heterocycles. The zero-order chi connectivity index (χ0) is 21.8. The Bertz CT molecular complexity index is 824. The molecule has 1 heterocycles. The fraction of sp³-hybridized carbons (Fsp3) is 0.577. The lowest BCUT2D eigenvalue weighted by Crippen LogP contribution is -2.40. The molecule has 0 unspecified atom stereocenters. The van der Waals surface area contributed by atoms with Gasteiger partial charge in [-0.2, -0.15) is 0 Å². The largest absolute Gasteiger partial charge is 0.379 e. The van der Waals surface area contributed by atoms with Crippen LogP contribution in [-0.2, 0) is 4.74 Å². The fourth-order valence-electron chi connectivity index (χ4n) is 3.27. The molecule has 0 amide bonds. The summed E-state index contributed by atoms with van der Waals surface area (Å²) in [5, 5.41) is 1.41. The van der Waals surface area contributed by atoms with Crippen LogP contribution in [0.1, 0.15) is 58.2 Å². The second-order valence-corrected chi connectivity index (χ2v) is 11.3. The predicted molar refractivity (Wildman–Crippen MR) is 129 cm³/mol. The lowest BCUT2D eigenvalue weighted by molar-refractivity contribution is 0.0693. The van der Waals surface area contributed by atoms with E-state index in [1.807, 2.05) is 0 Å². The summed E-state index contributed by atoms with van der Waals surface area (Å²) in [6.45, 7) is 23.4. The predicted octanol–water partition coefficient (Wildman–Crippen LogP) is 5.67. The highest BCUT2D eigenvalue weighted by molar-refractivity contribution is 7.49. The molecule has 0 aliphatic carbocycles. The highest BCUT2D eigenvalue weighted by Gasteiger charge is 2.21. The van der Waals surface area contributed by atoms with Gasteiger partial charge in [-0.15, -0.1) is 0 Å². The van der Waals surface area contributed by atoms with Gasteiger partial charge < -0.3 is 4.74 Å². The molecule has 158 valence electrons. The molecule has 3 heteroatoms. The molecule has 0 N–H and O–H groups in total.